The minimum atomic E-state index is 0. The van der Waals surface area contributed by atoms with E-state index in [1.54, 1.807) is 4.80 Å². The minimum Gasteiger partial charge on any atom is -0.372 e. The van der Waals surface area contributed by atoms with E-state index in [0.717, 1.165) is 70.5 Å². The Balaban J connectivity index is 0.00000325. The van der Waals surface area contributed by atoms with Crippen LogP contribution in [0.5, 0.6) is 0 Å². The second-order valence-electron chi connectivity index (χ2n) is 13.0. The van der Waals surface area contributed by atoms with Crippen LogP contribution in [0.1, 0.15) is 120 Å². The molecular formula is C41H63N7S. The van der Waals surface area contributed by atoms with Crippen molar-refractivity contribution >= 4 is 45.2 Å². The lowest BCUT2D eigenvalue weighted by Gasteiger charge is -2.25. The van der Waals surface area contributed by atoms with E-state index >= 15 is 0 Å². The van der Waals surface area contributed by atoms with Crippen LogP contribution in [0.2, 0.25) is 0 Å². The van der Waals surface area contributed by atoms with Gasteiger partial charge in [-0.15, -0.1) is 0 Å². The molecule has 268 valence electrons. The first kappa shape index (κ1) is 39.9. The second-order valence-corrected chi connectivity index (χ2v) is 13.5. The highest BCUT2D eigenvalue weighted by molar-refractivity contribution is 7.00. The lowest BCUT2D eigenvalue weighted by atomic mass is 9.95. The molecule has 3 aromatic carbocycles. The molecule has 0 saturated carbocycles. The highest BCUT2D eigenvalue weighted by Crippen LogP contribution is 2.41. The van der Waals surface area contributed by atoms with E-state index in [-0.39, 0.29) is 14.9 Å². The molecule has 0 amide bonds. The highest BCUT2D eigenvalue weighted by Gasteiger charge is 2.21. The first-order valence-electron chi connectivity index (χ1n) is 18.3. The quantitative estimate of drug-likeness (QED) is 0.0600. The Morgan fingerprint density at radius 3 is 1.35 bits per heavy atom. The van der Waals surface area contributed by atoms with Gasteiger partial charge >= 0.3 is 0 Å². The molecule has 0 fully saturated rings. The van der Waals surface area contributed by atoms with E-state index in [2.05, 4.69) is 86.0 Å². The van der Waals surface area contributed by atoms with Crippen molar-refractivity contribution < 1.29 is 4.80 Å². The Labute approximate surface area is 301 Å². The van der Waals surface area contributed by atoms with Crippen molar-refractivity contribution in [1.29, 1.82) is 0 Å². The maximum Gasteiger partial charge on any atom is 0.152 e. The number of aromatic nitrogens is 5. The van der Waals surface area contributed by atoms with Crippen molar-refractivity contribution in [3.63, 3.8) is 0 Å². The topological polar surface area (TPSA) is 63.1 Å². The van der Waals surface area contributed by atoms with Crippen molar-refractivity contribution in [3.8, 4) is 22.3 Å². The smallest absolute Gasteiger partial charge is 0.152 e. The van der Waals surface area contributed by atoms with Crippen LogP contribution in [0.15, 0.2) is 48.5 Å². The number of aryl methyl sites for hydroxylation is 1. The minimum absolute atomic E-state index is 0. The standard InChI is InChI=1S/C39H55N7S.2CH4/c1-6-10-14-26-45(27-15-11-7-2)32-22-18-30(19-23-32)34-36-37(41-44(5)40-36)35(39-38(34)42-47-43-39)31-20-24-33(25-21-31)46(28-16-12-8-3)29-17-13-9-4;;/h18-25H,6-17,26-29H2,1-5H3;2*1H4. The van der Waals surface area contributed by atoms with Crippen LogP contribution in [0, 0.1) is 0 Å². The molecule has 49 heavy (non-hydrogen) atoms. The average Bonchev–Trinajstić information content (AvgIpc) is 3.72. The SMILES string of the molecule is C.C.CCCCCN(CCCCC)c1ccc(-c2c3nsnc3c(-c3ccc(N(CCCCC)CCCCC)cc3)c3[n-][n+](C)nc23)cc1. The van der Waals surface area contributed by atoms with Crippen LogP contribution in [0.4, 0.5) is 11.4 Å². The van der Waals surface area contributed by atoms with E-state index < -0.39 is 0 Å². The summed E-state index contributed by atoms with van der Waals surface area (Å²) in [6, 6.07) is 18.1. The van der Waals surface area contributed by atoms with E-state index in [1.165, 1.54) is 100 Å². The number of hydrogen-bond donors (Lipinski definition) is 0. The third-order valence-corrected chi connectivity index (χ3v) is 9.85. The summed E-state index contributed by atoms with van der Waals surface area (Å²) < 4.78 is 9.72. The van der Waals surface area contributed by atoms with Gasteiger partial charge in [0.25, 0.3) is 0 Å². The molecule has 0 spiro atoms. The number of fused-ring (bicyclic) bond motifs is 2. The molecule has 5 rings (SSSR count). The maximum atomic E-state index is 4.92. The van der Waals surface area contributed by atoms with Crippen LogP contribution in [0.25, 0.3) is 44.3 Å². The predicted molar refractivity (Wildman–Crippen MR) is 214 cm³/mol. The molecule has 0 aliphatic rings. The summed E-state index contributed by atoms with van der Waals surface area (Å²) in [6.45, 7) is 13.5. The Hall–Kier alpha value is -3.52. The van der Waals surface area contributed by atoms with Gasteiger partial charge in [-0.25, -0.2) is 0 Å². The normalized spacial score (nSPS) is 11.1. The summed E-state index contributed by atoms with van der Waals surface area (Å²) in [6.07, 6.45) is 15.0. The number of rotatable bonds is 20. The zero-order valence-corrected chi connectivity index (χ0v) is 30.3. The van der Waals surface area contributed by atoms with E-state index in [1.807, 2.05) is 7.05 Å². The Morgan fingerprint density at radius 2 is 0.939 bits per heavy atom. The van der Waals surface area contributed by atoms with Crippen LogP contribution in [0.3, 0.4) is 0 Å². The zero-order valence-electron chi connectivity index (χ0n) is 29.5. The lowest BCUT2D eigenvalue weighted by molar-refractivity contribution is -0.783. The molecule has 2 heterocycles. The molecule has 0 bridgehead atoms. The Bertz CT molecular complexity index is 1520. The van der Waals surface area contributed by atoms with Crippen molar-refractivity contribution in [3.05, 3.63) is 48.5 Å². The fraction of sp³-hybridized carbons (Fsp3) is 0.561. The number of anilines is 2. The first-order chi connectivity index (χ1) is 23.1. The molecule has 0 aliphatic carbocycles. The summed E-state index contributed by atoms with van der Waals surface area (Å²) in [4.78, 5) is 6.82. The molecule has 0 aliphatic heterocycles. The van der Waals surface area contributed by atoms with Gasteiger partial charge < -0.3 is 9.80 Å². The third kappa shape index (κ3) is 9.80. The monoisotopic (exact) mass is 685 g/mol. The first-order valence-corrected chi connectivity index (χ1v) is 19.0. The zero-order chi connectivity index (χ0) is 33.0. The maximum absolute atomic E-state index is 4.92. The number of hydrogen-bond acceptors (Lipinski definition) is 6. The van der Waals surface area contributed by atoms with Gasteiger partial charge in [-0.05, 0) is 61.1 Å². The van der Waals surface area contributed by atoms with Gasteiger partial charge in [0.15, 0.2) is 7.05 Å². The van der Waals surface area contributed by atoms with Gasteiger partial charge in [0, 0.05) is 59.7 Å². The molecule has 8 heteroatoms. The molecule has 7 nitrogen and oxygen atoms in total. The largest absolute Gasteiger partial charge is 0.372 e. The fourth-order valence-electron chi connectivity index (χ4n) is 6.66. The number of benzene rings is 3. The highest BCUT2D eigenvalue weighted by atomic mass is 32.1. The van der Waals surface area contributed by atoms with E-state index in [0.29, 0.717) is 0 Å². The van der Waals surface area contributed by atoms with Crippen molar-refractivity contribution in [2.45, 2.75) is 120 Å². The van der Waals surface area contributed by atoms with Crippen LogP contribution in [-0.2, 0) is 7.05 Å². The summed E-state index contributed by atoms with van der Waals surface area (Å²) in [7, 11) is 1.91. The third-order valence-electron chi connectivity index (χ3n) is 9.32. The molecule has 0 saturated heterocycles. The molecule has 0 atom stereocenters. The molecular weight excluding hydrogens is 623 g/mol. The average molecular weight is 686 g/mol. The second kappa shape index (κ2) is 20.2. The lowest BCUT2D eigenvalue weighted by Crippen LogP contribution is -2.35. The molecule has 0 radical (unpaired) electrons. The molecule has 2 aromatic heterocycles. The van der Waals surface area contributed by atoms with Crippen LogP contribution >= 0.6 is 11.7 Å². The van der Waals surface area contributed by atoms with Gasteiger partial charge in [0.05, 0.1) is 11.7 Å². The van der Waals surface area contributed by atoms with Gasteiger partial charge in [-0.3, -0.25) is 0 Å². The molecule has 0 N–H and O–H groups in total. The van der Waals surface area contributed by atoms with E-state index in [4.69, 9.17) is 18.9 Å². The summed E-state index contributed by atoms with van der Waals surface area (Å²) in [5, 5.41) is 9.83. The molecule has 5 aromatic rings. The Kier molecular flexibility index (Phi) is 16.5. The number of unbranched alkanes of at least 4 members (excludes halogenated alkanes) is 8. The van der Waals surface area contributed by atoms with Crippen LogP contribution < -0.4 is 19.7 Å². The predicted octanol–water partition coefficient (Wildman–Crippen LogP) is 11.0. The van der Waals surface area contributed by atoms with Crippen molar-refractivity contribution in [2.75, 3.05) is 36.0 Å². The van der Waals surface area contributed by atoms with Crippen LogP contribution in [-0.4, -0.2) is 40.0 Å². The van der Waals surface area contributed by atoms with Crippen molar-refractivity contribution in [1.82, 2.24) is 18.9 Å². The van der Waals surface area contributed by atoms with E-state index in [9.17, 15) is 0 Å². The van der Waals surface area contributed by atoms with Gasteiger partial charge in [-0.2, -0.15) is 23.7 Å². The summed E-state index contributed by atoms with van der Waals surface area (Å²) in [5.41, 5.74) is 10.4. The fourth-order valence-corrected chi connectivity index (χ4v) is 7.22. The van der Waals surface area contributed by atoms with Gasteiger partial charge in [0.1, 0.15) is 11.0 Å². The molecule has 0 unspecified atom stereocenters. The van der Waals surface area contributed by atoms with Gasteiger partial charge in [-0.1, -0.05) is 118 Å². The van der Waals surface area contributed by atoms with Crippen molar-refractivity contribution in [2.24, 2.45) is 7.05 Å². The summed E-state index contributed by atoms with van der Waals surface area (Å²) in [5.74, 6) is 0. The van der Waals surface area contributed by atoms with Gasteiger partial charge in [0.2, 0.25) is 0 Å². The summed E-state index contributed by atoms with van der Waals surface area (Å²) >= 11 is 1.27. The Morgan fingerprint density at radius 1 is 0.551 bits per heavy atom. The number of nitrogens with zero attached hydrogens (tertiary/aromatic N) is 7.